The first-order valence-electron chi connectivity index (χ1n) is 4.63. The highest BCUT2D eigenvalue weighted by Gasteiger charge is 2.11. The summed E-state index contributed by atoms with van der Waals surface area (Å²) in [6.07, 6.45) is 2.40. The predicted molar refractivity (Wildman–Crippen MR) is 52.3 cm³/mol. The van der Waals surface area contributed by atoms with Gasteiger partial charge >= 0.3 is 0 Å². The van der Waals surface area contributed by atoms with Crippen molar-refractivity contribution in [1.29, 1.82) is 0 Å². The van der Waals surface area contributed by atoms with Crippen LogP contribution in [0.5, 0.6) is 0 Å². The molecule has 1 aliphatic heterocycles. The molecule has 1 aliphatic rings. The fraction of sp³-hybridized carbons (Fsp3) is 0.333. The Morgan fingerprint density at radius 2 is 2.08 bits per heavy atom. The maximum Gasteiger partial charge on any atom is 0.118 e. The fourth-order valence-electron chi connectivity index (χ4n) is 1.38. The van der Waals surface area contributed by atoms with Crippen LogP contribution in [0.3, 0.4) is 0 Å². The second-order valence-corrected chi connectivity index (χ2v) is 3.14. The van der Waals surface area contributed by atoms with Crippen molar-refractivity contribution in [1.82, 2.24) is 0 Å². The Morgan fingerprint density at radius 3 is 2.77 bits per heavy atom. The monoisotopic (exact) mass is 172 g/mol. The minimum atomic E-state index is 0.167. The maximum atomic E-state index is 5.40. The minimum absolute atomic E-state index is 0.167. The van der Waals surface area contributed by atoms with Crippen LogP contribution in [0.15, 0.2) is 30.3 Å². The molecule has 1 saturated heterocycles. The summed E-state index contributed by atoms with van der Waals surface area (Å²) in [5, 5.41) is 0. The van der Waals surface area contributed by atoms with Gasteiger partial charge in [0.1, 0.15) is 6.10 Å². The molecular formula is C12H12O. The molecular weight excluding hydrogens is 160 g/mol. The average molecular weight is 172 g/mol. The zero-order valence-electron chi connectivity index (χ0n) is 7.49. The molecule has 0 saturated carbocycles. The van der Waals surface area contributed by atoms with Gasteiger partial charge in [0.05, 0.1) is 0 Å². The maximum absolute atomic E-state index is 5.40. The molecule has 1 aromatic rings. The van der Waals surface area contributed by atoms with Crippen molar-refractivity contribution in [2.75, 3.05) is 6.61 Å². The Bertz CT molecular complexity index is 312. The van der Waals surface area contributed by atoms with E-state index in [0.29, 0.717) is 0 Å². The first-order chi connectivity index (χ1) is 6.45. The highest BCUT2D eigenvalue weighted by molar-refractivity contribution is 5.34. The van der Waals surface area contributed by atoms with Gasteiger partial charge in [-0.3, -0.25) is 0 Å². The second kappa shape index (κ2) is 4.11. The van der Waals surface area contributed by atoms with Crippen molar-refractivity contribution in [3.63, 3.8) is 0 Å². The first-order valence-corrected chi connectivity index (χ1v) is 4.63. The highest BCUT2D eigenvalue weighted by atomic mass is 16.5. The van der Waals surface area contributed by atoms with Gasteiger partial charge < -0.3 is 4.74 Å². The van der Waals surface area contributed by atoms with E-state index in [2.05, 4.69) is 11.8 Å². The van der Waals surface area contributed by atoms with Crippen molar-refractivity contribution in [3.8, 4) is 11.8 Å². The fourth-order valence-corrected chi connectivity index (χ4v) is 1.38. The molecule has 13 heavy (non-hydrogen) atoms. The molecule has 0 spiro atoms. The molecule has 1 atom stereocenters. The first kappa shape index (κ1) is 8.34. The van der Waals surface area contributed by atoms with Crippen molar-refractivity contribution in [2.24, 2.45) is 0 Å². The molecule has 0 aromatic heterocycles. The van der Waals surface area contributed by atoms with Crippen LogP contribution in [0, 0.1) is 11.8 Å². The SMILES string of the molecule is C(#CC1CCCO1)c1ccccc1. The second-order valence-electron chi connectivity index (χ2n) is 3.14. The van der Waals surface area contributed by atoms with Gasteiger partial charge in [-0.15, -0.1) is 0 Å². The molecule has 1 aromatic carbocycles. The summed E-state index contributed by atoms with van der Waals surface area (Å²) >= 11 is 0. The van der Waals surface area contributed by atoms with Gasteiger partial charge in [0.15, 0.2) is 0 Å². The van der Waals surface area contributed by atoms with Crippen LogP contribution in [0.4, 0.5) is 0 Å². The third-order valence-electron chi connectivity index (χ3n) is 2.08. The van der Waals surface area contributed by atoms with Crippen LogP contribution in [-0.4, -0.2) is 12.7 Å². The van der Waals surface area contributed by atoms with Crippen molar-refractivity contribution >= 4 is 0 Å². The standard InChI is InChI=1S/C12H12O/c1-2-5-11(6-3-1)8-9-12-7-4-10-13-12/h1-3,5-6,12H,4,7,10H2. The lowest BCUT2D eigenvalue weighted by Crippen LogP contribution is -1.99. The van der Waals surface area contributed by atoms with E-state index in [9.17, 15) is 0 Å². The van der Waals surface area contributed by atoms with E-state index >= 15 is 0 Å². The molecule has 1 fully saturated rings. The summed E-state index contributed by atoms with van der Waals surface area (Å²) in [7, 11) is 0. The molecule has 0 aliphatic carbocycles. The smallest absolute Gasteiger partial charge is 0.118 e. The van der Waals surface area contributed by atoms with E-state index < -0.39 is 0 Å². The zero-order chi connectivity index (χ0) is 8.93. The average Bonchev–Trinajstić information content (AvgIpc) is 2.69. The van der Waals surface area contributed by atoms with Crippen LogP contribution in [0.1, 0.15) is 18.4 Å². The van der Waals surface area contributed by atoms with Crippen LogP contribution < -0.4 is 0 Å². The summed E-state index contributed by atoms with van der Waals surface area (Å²) in [6.45, 7) is 0.869. The normalized spacial score (nSPS) is 20.8. The summed E-state index contributed by atoms with van der Waals surface area (Å²) in [6, 6.07) is 10.0. The molecule has 1 heterocycles. The van der Waals surface area contributed by atoms with Crippen LogP contribution >= 0.6 is 0 Å². The highest BCUT2D eigenvalue weighted by Crippen LogP contribution is 2.10. The van der Waals surface area contributed by atoms with Gasteiger partial charge in [-0.05, 0) is 25.0 Å². The van der Waals surface area contributed by atoms with Gasteiger partial charge in [0.25, 0.3) is 0 Å². The number of benzene rings is 1. The summed E-state index contributed by atoms with van der Waals surface area (Å²) in [5.41, 5.74) is 1.07. The Hall–Kier alpha value is -1.26. The summed E-state index contributed by atoms with van der Waals surface area (Å²) in [4.78, 5) is 0. The Kier molecular flexibility index (Phi) is 2.64. The van der Waals surface area contributed by atoms with Gasteiger partial charge in [0, 0.05) is 12.2 Å². The van der Waals surface area contributed by atoms with Gasteiger partial charge in [-0.2, -0.15) is 0 Å². The molecule has 0 amide bonds. The van der Waals surface area contributed by atoms with Gasteiger partial charge in [-0.1, -0.05) is 30.0 Å². The number of ether oxygens (including phenoxy) is 1. The molecule has 0 N–H and O–H groups in total. The molecule has 66 valence electrons. The molecule has 1 heteroatoms. The van der Waals surface area contributed by atoms with Gasteiger partial charge in [-0.25, -0.2) is 0 Å². The predicted octanol–water partition coefficient (Wildman–Crippen LogP) is 2.22. The van der Waals surface area contributed by atoms with E-state index in [1.54, 1.807) is 0 Å². The number of hydrogen-bond donors (Lipinski definition) is 0. The Balaban J connectivity index is 2.03. The number of rotatable bonds is 0. The lowest BCUT2D eigenvalue weighted by molar-refractivity contribution is 0.152. The van der Waals surface area contributed by atoms with E-state index in [0.717, 1.165) is 25.0 Å². The van der Waals surface area contributed by atoms with Crippen LogP contribution in [-0.2, 0) is 4.74 Å². The quantitative estimate of drug-likeness (QED) is 0.545. The largest absolute Gasteiger partial charge is 0.366 e. The third-order valence-corrected chi connectivity index (χ3v) is 2.08. The van der Waals surface area contributed by atoms with E-state index in [1.165, 1.54) is 0 Å². The van der Waals surface area contributed by atoms with E-state index in [1.807, 2.05) is 30.3 Å². The Morgan fingerprint density at radius 1 is 1.23 bits per heavy atom. The number of hydrogen-bond acceptors (Lipinski definition) is 1. The Labute approximate surface area is 78.7 Å². The molecule has 1 unspecified atom stereocenters. The minimum Gasteiger partial charge on any atom is -0.366 e. The van der Waals surface area contributed by atoms with Crippen molar-refractivity contribution in [3.05, 3.63) is 35.9 Å². The zero-order valence-corrected chi connectivity index (χ0v) is 7.49. The van der Waals surface area contributed by atoms with Crippen molar-refractivity contribution in [2.45, 2.75) is 18.9 Å². The third kappa shape index (κ3) is 2.34. The van der Waals surface area contributed by atoms with Crippen LogP contribution in [0.2, 0.25) is 0 Å². The summed E-state index contributed by atoms with van der Waals surface area (Å²) < 4.78 is 5.40. The van der Waals surface area contributed by atoms with E-state index in [-0.39, 0.29) is 6.10 Å². The molecule has 2 rings (SSSR count). The van der Waals surface area contributed by atoms with Gasteiger partial charge in [0.2, 0.25) is 0 Å². The molecule has 1 nitrogen and oxygen atoms in total. The summed E-state index contributed by atoms with van der Waals surface area (Å²) in [5.74, 6) is 6.24. The van der Waals surface area contributed by atoms with Crippen LogP contribution in [0.25, 0.3) is 0 Å². The van der Waals surface area contributed by atoms with Crippen molar-refractivity contribution < 1.29 is 4.74 Å². The van der Waals surface area contributed by atoms with E-state index in [4.69, 9.17) is 4.74 Å². The lowest BCUT2D eigenvalue weighted by atomic mass is 10.2. The molecule has 0 radical (unpaired) electrons. The molecule has 0 bridgehead atoms. The topological polar surface area (TPSA) is 9.23 Å². The lowest BCUT2D eigenvalue weighted by Gasteiger charge is -1.96.